The maximum absolute atomic E-state index is 5.33. The molecule has 0 aromatic carbocycles. The molecule has 4 nitrogen and oxygen atoms in total. The van der Waals surface area contributed by atoms with Crippen molar-refractivity contribution in [3.8, 4) is 10.8 Å². The molecule has 0 amide bonds. The van der Waals surface area contributed by atoms with E-state index in [1.807, 2.05) is 29.9 Å². The second kappa shape index (κ2) is 4.99. The molecule has 0 radical (unpaired) electrons. The largest absolute Gasteiger partial charge is 0.462 e. The van der Waals surface area contributed by atoms with E-state index >= 15 is 0 Å². The van der Waals surface area contributed by atoms with Crippen molar-refractivity contribution < 1.29 is 4.42 Å². The van der Waals surface area contributed by atoms with Crippen molar-refractivity contribution in [2.45, 2.75) is 10.9 Å². The Hall–Kier alpha value is -1.53. The number of thiazole rings is 1. The monoisotopic (exact) mass is 277 g/mol. The summed E-state index contributed by atoms with van der Waals surface area (Å²) >= 11 is 3.29. The summed E-state index contributed by atoms with van der Waals surface area (Å²) in [5.74, 6) is 1.65. The molecular formula is C12H11N3OS2. The van der Waals surface area contributed by atoms with Crippen LogP contribution >= 0.6 is 23.1 Å². The van der Waals surface area contributed by atoms with Gasteiger partial charge in [0.15, 0.2) is 15.9 Å². The van der Waals surface area contributed by atoms with Crippen LogP contribution in [0.25, 0.3) is 10.8 Å². The van der Waals surface area contributed by atoms with Crippen LogP contribution in [-0.4, -0.2) is 14.5 Å². The first-order valence-corrected chi connectivity index (χ1v) is 7.28. The summed E-state index contributed by atoms with van der Waals surface area (Å²) in [7, 11) is 1.99. The predicted octanol–water partition coefficient (Wildman–Crippen LogP) is 3.43. The third-order valence-electron chi connectivity index (χ3n) is 2.41. The Morgan fingerprint density at radius 3 is 3.17 bits per heavy atom. The molecule has 3 aromatic heterocycles. The molecular weight excluding hydrogens is 266 g/mol. The summed E-state index contributed by atoms with van der Waals surface area (Å²) in [6.07, 6.45) is 5.41. The van der Waals surface area contributed by atoms with Crippen LogP contribution < -0.4 is 0 Å². The number of furan rings is 1. The molecule has 18 heavy (non-hydrogen) atoms. The first-order chi connectivity index (χ1) is 8.83. The highest BCUT2D eigenvalue weighted by Gasteiger charge is 2.08. The Kier molecular flexibility index (Phi) is 3.21. The fraction of sp³-hybridized carbons (Fsp3) is 0.167. The van der Waals surface area contributed by atoms with Crippen LogP contribution in [0.15, 0.2) is 45.7 Å². The summed E-state index contributed by atoms with van der Waals surface area (Å²) in [6.45, 7) is 0. The number of hydrogen-bond donors (Lipinski definition) is 0. The standard InChI is InChI=1S/C12H11N3OS2/c1-15-5-4-13-12(15)18-8-9-7-17-11(14-9)10-3-2-6-16-10/h2-7H,8H2,1H3. The summed E-state index contributed by atoms with van der Waals surface area (Å²) < 4.78 is 7.33. The lowest BCUT2D eigenvalue weighted by atomic mass is 10.5. The van der Waals surface area contributed by atoms with Crippen LogP contribution in [0.2, 0.25) is 0 Å². The van der Waals surface area contributed by atoms with Gasteiger partial charge in [-0.15, -0.1) is 11.3 Å². The first-order valence-electron chi connectivity index (χ1n) is 5.41. The number of thioether (sulfide) groups is 1. The lowest BCUT2D eigenvalue weighted by Gasteiger charge is -1.98. The Morgan fingerprint density at radius 2 is 2.44 bits per heavy atom. The first kappa shape index (κ1) is 11.6. The Morgan fingerprint density at radius 1 is 1.50 bits per heavy atom. The van der Waals surface area contributed by atoms with E-state index in [0.29, 0.717) is 0 Å². The van der Waals surface area contributed by atoms with E-state index in [0.717, 1.165) is 27.4 Å². The number of aryl methyl sites for hydroxylation is 1. The van der Waals surface area contributed by atoms with Crippen molar-refractivity contribution in [3.63, 3.8) is 0 Å². The van der Waals surface area contributed by atoms with Crippen molar-refractivity contribution in [2.75, 3.05) is 0 Å². The SMILES string of the molecule is Cn1ccnc1SCc1csc(-c2ccco2)n1. The van der Waals surface area contributed by atoms with Crippen LogP contribution in [0.5, 0.6) is 0 Å². The van der Waals surface area contributed by atoms with Gasteiger partial charge in [0.05, 0.1) is 12.0 Å². The van der Waals surface area contributed by atoms with Gasteiger partial charge in [0.25, 0.3) is 0 Å². The quantitative estimate of drug-likeness (QED) is 0.685. The van der Waals surface area contributed by atoms with Crippen LogP contribution in [0.4, 0.5) is 0 Å². The minimum Gasteiger partial charge on any atom is -0.462 e. The molecule has 0 aliphatic heterocycles. The molecule has 0 fully saturated rings. The van der Waals surface area contributed by atoms with Gasteiger partial charge in [0.2, 0.25) is 0 Å². The van der Waals surface area contributed by atoms with Crippen molar-refractivity contribution in [3.05, 3.63) is 41.9 Å². The molecule has 0 N–H and O–H groups in total. The van der Waals surface area contributed by atoms with E-state index in [4.69, 9.17) is 4.42 Å². The molecule has 6 heteroatoms. The second-order valence-corrected chi connectivity index (χ2v) is 5.53. The fourth-order valence-electron chi connectivity index (χ4n) is 1.52. The highest BCUT2D eigenvalue weighted by Crippen LogP contribution is 2.27. The molecule has 0 bridgehead atoms. The normalized spacial score (nSPS) is 10.9. The van der Waals surface area contributed by atoms with E-state index in [-0.39, 0.29) is 0 Å². The van der Waals surface area contributed by atoms with Gasteiger partial charge in [-0.1, -0.05) is 11.8 Å². The van der Waals surface area contributed by atoms with Crippen molar-refractivity contribution in [1.29, 1.82) is 0 Å². The fourth-order valence-corrected chi connectivity index (χ4v) is 3.23. The van der Waals surface area contributed by atoms with Gasteiger partial charge >= 0.3 is 0 Å². The van der Waals surface area contributed by atoms with Crippen molar-refractivity contribution in [1.82, 2.24) is 14.5 Å². The van der Waals surface area contributed by atoms with Crippen LogP contribution in [-0.2, 0) is 12.8 Å². The predicted molar refractivity (Wildman–Crippen MR) is 72.6 cm³/mol. The Bertz CT molecular complexity index is 627. The molecule has 3 rings (SSSR count). The second-order valence-electron chi connectivity index (χ2n) is 3.73. The lowest BCUT2D eigenvalue weighted by molar-refractivity contribution is 0.581. The molecule has 0 aliphatic carbocycles. The van der Waals surface area contributed by atoms with Gasteiger partial charge < -0.3 is 8.98 Å². The third kappa shape index (κ3) is 2.34. The molecule has 0 saturated carbocycles. The van der Waals surface area contributed by atoms with Gasteiger partial charge in [0, 0.05) is 30.6 Å². The van der Waals surface area contributed by atoms with E-state index in [1.165, 1.54) is 0 Å². The molecule has 0 atom stereocenters. The zero-order valence-electron chi connectivity index (χ0n) is 9.74. The highest BCUT2D eigenvalue weighted by atomic mass is 32.2. The van der Waals surface area contributed by atoms with Gasteiger partial charge in [-0.25, -0.2) is 9.97 Å². The number of imidazole rings is 1. The Balaban J connectivity index is 1.69. The van der Waals surface area contributed by atoms with E-state index in [9.17, 15) is 0 Å². The highest BCUT2D eigenvalue weighted by molar-refractivity contribution is 7.98. The smallest absolute Gasteiger partial charge is 0.168 e. The summed E-state index contributed by atoms with van der Waals surface area (Å²) in [5, 5.41) is 3.99. The van der Waals surface area contributed by atoms with Gasteiger partial charge in [-0.2, -0.15) is 0 Å². The van der Waals surface area contributed by atoms with E-state index in [2.05, 4.69) is 15.3 Å². The van der Waals surface area contributed by atoms with Crippen molar-refractivity contribution in [2.24, 2.45) is 7.05 Å². The van der Waals surface area contributed by atoms with Crippen LogP contribution in [0.1, 0.15) is 5.69 Å². The molecule has 0 aliphatic rings. The third-order valence-corrected chi connectivity index (χ3v) is 4.41. The van der Waals surface area contributed by atoms with Gasteiger partial charge in [-0.3, -0.25) is 0 Å². The van der Waals surface area contributed by atoms with E-state index in [1.54, 1.807) is 35.6 Å². The number of rotatable bonds is 4. The molecule has 0 spiro atoms. The average Bonchev–Trinajstić information content (AvgIpc) is 3.08. The minimum absolute atomic E-state index is 0.821. The van der Waals surface area contributed by atoms with Crippen molar-refractivity contribution >= 4 is 23.1 Å². The van der Waals surface area contributed by atoms with Crippen LogP contribution in [0.3, 0.4) is 0 Å². The molecule has 3 aromatic rings. The summed E-state index contributed by atoms with van der Waals surface area (Å²) in [5.41, 5.74) is 1.06. The maximum atomic E-state index is 5.33. The van der Waals surface area contributed by atoms with Gasteiger partial charge in [-0.05, 0) is 12.1 Å². The van der Waals surface area contributed by atoms with Crippen LogP contribution in [0, 0.1) is 0 Å². The molecule has 92 valence electrons. The summed E-state index contributed by atoms with van der Waals surface area (Å²) in [4.78, 5) is 8.82. The molecule has 0 saturated heterocycles. The molecule has 3 heterocycles. The van der Waals surface area contributed by atoms with Gasteiger partial charge in [0.1, 0.15) is 0 Å². The number of hydrogen-bond acceptors (Lipinski definition) is 5. The maximum Gasteiger partial charge on any atom is 0.168 e. The number of aromatic nitrogens is 3. The topological polar surface area (TPSA) is 43.9 Å². The average molecular weight is 277 g/mol. The zero-order chi connectivity index (χ0) is 12.4. The number of nitrogens with zero attached hydrogens (tertiary/aromatic N) is 3. The minimum atomic E-state index is 0.821. The zero-order valence-corrected chi connectivity index (χ0v) is 11.4. The van der Waals surface area contributed by atoms with E-state index < -0.39 is 0 Å². The Labute approximate surface area is 113 Å². The lowest BCUT2D eigenvalue weighted by Crippen LogP contribution is -1.89. The molecule has 0 unspecified atom stereocenters. The summed E-state index contributed by atoms with van der Waals surface area (Å²) in [6, 6.07) is 3.80.